The van der Waals surface area contributed by atoms with Crippen LogP contribution in [0.3, 0.4) is 0 Å². The minimum Gasteiger partial charge on any atom is -0.349 e. The highest BCUT2D eigenvalue weighted by molar-refractivity contribution is 5.96. The van der Waals surface area contributed by atoms with E-state index in [-0.39, 0.29) is 11.9 Å². The number of nitrogens with zero attached hydrogens (tertiary/aromatic N) is 2. The second kappa shape index (κ2) is 7.44. The number of hydrogen-bond donors (Lipinski definition) is 1. The highest BCUT2D eigenvalue weighted by Gasteiger charge is 2.20. The topological polar surface area (TPSA) is 46.9 Å². The van der Waals surface area contributed by atoms with E-state index in [1.165, 1.54) is 0 Å². The smallest absolute Gasteiger partial charge is 0.255 e. The Balaban J connectivity index is 2.17. The van der Waals surface area contributed by atoms with Crippen LogP contribution >= 0.6 is 0 Å². The number of para-hydroxylation sites is 1. The molecule has 0 spiro atoms. The summed E-state index contributed by atoms with van der Waals surface area (Å²) in [5.74, 6) is 0.622. The molecular weight excluding hydrogens is 286 g/mol. The maximum atomic E-state index is 12.6. The van der Waals surface area contributed by atoms with Crippen LogP contribution in [-0.2, 0) is 0 Å². The third-order valence-corrected chi connectivity index (χ3v) is 4.07. The van der Waals surface area contributed by atoms with E-state index in [2.05, 4.69) is 31.2 Å². The SMILES string of the molecule is Cc1nn(-c2ccccc2)c(C)c1C(=O)NC(C)CCC(C)C. The van der Waals surface area contributed by atoms with E-state index < -0.39 is 0 Å². The standard InChI is InChI=1S/C19H27N3O/c1-13(2)11-12-14(3)20-19(23)18-15(4)21-22(16(18)5)17-9-7-6-8-10-17/h6-10,13-14H,11-12H2,1-5H3,(H,20,23). The summed E-state index contributed by atoms with van der Waals surface area (Å²) in [6, 6.07) is 10.1. The predicted molar refractivity (Wildman–Crippen MR) is 94.0 cm³/mol. The van der Waals surface area contributed by atoms with Gasteiger partial charge < -0.3 is 5.32 Å². The van der Waals surface area contributed by atoms with Crippen LogP contribution in [0.1, 0.15) is 55.4 Å². The Labute approximate surface area is 138 Å². The first-order valence-electron chi connectivity index (χ1n) is 8.32. The lowest BCUT2D eigenvalue weighted by atomic mass is 10.0. The van der Waals surface area contributed by atoms with Crippen molar-refractivity contribution in [2.45, 2.75) is 53.5 Å². The number of rotatable bonds is 6. The van der Waals surface area contributed by atoms with Crippen molar-refractivity contribution in [1.29, 1.82) is 0 Å². The van der Waals surface area contributed by atoms with Gasteiger partial charge in [-0.15, -0.1) is 0 Å². The Hall–Kier alpha value is -2.10. The second-order valence-electron chi connectivity index (χ2n) is 6.64. The van der Waals surface area contributed by atoms with Crippen molar-refractivity contribution in [3.8, 4) is 5.69 Å². The molecule has 4 heteroatoms. The van der Waals surface area contributed by atoms with Crippen LogP contribution in [0.4, 0.5) is 0 Å². The van der Waals surface area contributed by atoms with Gasteiger partial charge in [-0.2, -0.15) is 5.10 Å². The van der Waals surface area contributed by atoms with E-state index >= 15 is 0 Å². The Morgan fingerprint density at radius 3 is 2.39 bits per heavy atom. The number of aromatic nitrogens is 2. The summed E-state index contributed by atoms with van der Waals surface area (Å²) in [5.41, 5.74) is 3.30. The fourth-order valence-corrected chi connectivity index (χ4v) is 2.74. The maximum Gasteiger partial charge on any atom is 0.255 e. The van der Waals surface area contributed by atoms with Gasteiger partial charge in [-0.1, -0.05) is 32.0 Å². The summed E-state index contributed by atoms with van der Waals surface area (Å²) in [5, 5.41) is 7.64. The highest BCUT2D eigenvalue weighted by Crippen LogP contribution is 2.18. The fraction of sp³-hybridized carbons (Fsp3) is 0.474. The minimum absolute atomic E-state index is 0.0292. The van der Waals surface area contributed by atoms with Crippen molar-refractivity contribution >= 4 is 5.91 Å². The average molecular weight is 313 g/mol. The molecule has 0 aliphatic carbocycles. The van der Waals surface area contributed by atoms with Gasteiger partial charge in [-0.05, 0) is 51.7 Å². The number of nitrogens with one attached hydrogen (secondary N) is 1. The predicted octanol–water partition coefficient (Wildman–Crippen LogP) is 4.04. The van der Waals surface area contributed by atoms with Gasteiger partial charge in [0, 0.05) is 6.04 Å². The lowest BCUT2D eigenvalue weighted by molar-refractivity contribution is 0.0936. The monoisotopic (exact) mass is 313 g/mol. The Morgan fingerprint density at radius 2 is 1.78 bits per heavy atom. The number of amides is 1. The molecule has 0 saturated heterocycles. The summed E-state index contributed by atoms with van der Waals surface area (Å²) in [4.78, 5) is 12.6. The van der Waals surface area contributed by atoms with Gasteiger partial charge in [0.15, 0.2) is 0 Å². The summed E-state index contributed by atoms with van der Waals surface area (Å²) in [6.45, 7) is 10.3. The molecule has 4 nitrogen and oxygen atoms in total. The molecule has 1 heterocycles. The molecular formula is C19H27N3O. The van der Waals surface area contributed by atoms with Crippen molar-refractivity contribution in [3.05, 3.63) is 47.3 Å². The third-order valence-electron chi connectivity index (χ3n) is 4.07. The maximum absolute atomic E-state index is 12.6. The second-order valence-corrected chi connectivity index (χ2v) is 6.64. The van der Waals surface area contributed by atoms with Crippen LogP contribution in [0.2, 0.25) is 0 Å². The van der Waals surface area contributed by atoms with E-state index in [0.29, 0.717) is 11.5 Å². The van der Waals surface area contributed by atoms with Gasteiger partial charge in [-0.3, -0.25) is 4.79 Å². The van der Waals surface area contributed by atoms with E-state index in [1.807, 2.05) is 48.9 Å². The summed E-state index contributed by atoms with van der Waals surface area (Å²) in [7, 11) is 0. The molecule has 1 aromatic carbocycles. The van der Waals surface area contributed by atoms with Crippen LogP contribution in [0.15, 0.2) is 30.3 Å². The van der Waals surface area contributed by atoms with Crippen LogP contribution in [0, 0.1) is 19.8 Å². The van der Waals surface area contributed by atoms with E-state index in [4.69, 9.17) is 0 Å². The average Bonchev–Trinajstić information content (AvgIpc) is 2.81. The molecule has 23 heavy (non-hydrogen) atoms. The first-order valence-corrected chi connectivity index (χ1v) is 8.32. The van der Waals surface area contributed by atoms with Crippen LogP contribution in [0.25, 0.3) is 5.69 Å². The lowest BCUT2D eigenvalue weighted by Crippen LogP contribution is -2.33. The van der Waals surface area contributed by atoms with E-state index in [9.17, 15) is 4.79 Å². The number of carbonyl (C=O) groups is 1. The van der Waals surface area contributed by atoms with Gasteiger partial charge in [-0.25, -0.2) is 4.68 Å². The molecule has 1 atom stereocenters. The molecule has 0 aliphatic heterocycles. The van der Waals surface area contributed by atoms with Gasteiger partial charge in [0.25, 0.3) is 5.91 Å². The molecule has 0 radical (unpaired) electrons. The molecule has 2 aromatic rings. The van der Waals surface area contributed by atoms with E-state index in [1.54, 1.807) is 0 Å². The van der Waals surface area contributed by atoms with Crippen LogP contribution in [-0.4, -0.2) is 21.7 Å². The molecule has 0 aliphatic rings. The molecule has 0 bridgehead atoms. The zero-order valence-electron chi connectivity index (χ0n) is 14.8. The fourth-order valence-electron chi connectivity index (χ4n) is 2.74. The first-order chi connectivity index (χ1) is 10.9. The third kappa shape index (κ3) is 4.21. The minimum atomic E-state index is -0.0292. The van der Waals surface area contributed by atoms with Gasteiger partial charge in [0.2, 0.25) is 0 Å². The zero-order chi connectivity index (χ0) is 17.0. The molecule has 1 amide bonds. The Morgan fingerprint density at radius 1 is 1.13 bits per heavy atom. The van der Waals surface area contributed by atoms with Crippen molar-refractivity contribution in [2.24, 2.45) is 5.92 Å². The van der Waals surface area contributed by atoms with Crippen molar-refractivity contribution in [3.63, 3.8) is 0 Å². The molecule has 1 aromatic heterocycles. The van der Waals surface area contributed by atoms with E-state index in [0.717, 1.165) is 29.9 Å². The number of aryl methyl sites for hydroxylation is 1. The largest absolute Gasteiger partial charge is 0.349 e. The number of benzene rings is 1. The van der Waals surface area contributed by atoms with Crippen LogP contribution in [0.5, 0.6) is 0 Å². The molecule has 0 saturated carbocycles. The molecule has 1 N–H and O–H groups in total. The quantitative estimate of drug-likeness (QED) is 0.874. The molecule has 0 fully saturated rings. The zero-order valence-corrected chi connectivity index (χ0v) is 14.8. The summed E-state index contributed by atoms with van der Waals surface area (Å²) < 4.78 is 1.84. The van der Waals surface area contributed by atoms with Crippen molar-refractivity contribution in [1.82, 2.24) is 15.1 Å². The van der Waals surface area contributed by atoms with Crippen molar-refractivity contribution in [2.75, 3.05) is 0 Å². The summed E-state index contributed by atoms with van der Waals surface area (Å²) in [6.07, 6.45) is 2.11. The normalized spacial score (nSPS) is 12.4. The lowest BCUT2D eigenvalue weighted by Gasteiger charge is -2.15. The van der Waals surface area contributed by atoms with Gasteiger partial charge in [0.1, 0.15) is 0 Å². The highest BCUT2D eigenvalue weighted by atomic mass is 16.1. The molecule has 2 rings (SSSR count). The number of carbonyl (C=O) groups excluding carboxylic acids is 1. The summed E-state index contributed by atoms with van der Waals surface area (Å²) >= 11 is 0. The van der Waals surface area contributed by atoms with Gasteiger partial charge >= 0.3 is 0 Å². The Bertz CT molecular complexity index is 659. The van der Waals surface area contributed by atoms with Gasteiger partial charge in [0.05, 0.1) is 22.6 Å². The molecule has 124 valence electrons. The Kier molecular flexibility index (Phi) is 5.59. The molecule has 1 unspecified atom stereocenters. The van der Waals surface area contributed by atoms with Crippen molar-refractivity contribution < 1.29 is 4.79 Å². The van der Waals surface area contributed by atoms with Crippen LogP contribution < -0.4 is 5.32 Å². The first kappa shape index (κ1) is 17.3. The number of hydrogen-bond acceptors (Lipinski definition) is 2.